The van der Waals surface area contributed by atoms with Crippen LogP contribution in [0, 0.1) is 18.6 Å². The molecule has 2 N–H and O–H groups in total. The largest absolute Gasteiger partial charge is 0.321 e. The first kappa shape index (κ1) is 9.86. The third-order valence-corrected chi connectivity index (χ3v) is 1.91. The van der Waals surface area contributed by atoms with E-state index >= 15 is 0 Å². The second kappa shape index (κ2) is 3.66. The van der Waals surface area contributed by atoms with E-state index in [0.29, 0.717) is 5.56 Å². The predicted octanol–water partition coefficient (Wildman–Crippen LogP) is 2.46. The van der Waals surface area contributed by atoms with Gasteiger partial charge in [-0.25, -0.2) is 8.78 Å². The molecule has 0 aliphatic rings. The molecule has 0 aliphatic carbocycles. The molecule has 0 fully saturated rings. The Morgan fingerprint density at radius 1 is 1.46 bits per heavy atom. The van der Waals surface area contributed by atoms with Crippen LogP contribution < -0.4 is 5.73 Å². The van der Waals surface area contributed by atoms with Crippen LogP contribution in [0.25, 0.3) is 0 Å². The molecule has 0 aliphatic heterocycles. The molecular formula is C10H11F2N. The molecule has 0 radical (unpaired) electrons. The van der Waals surface area contributed by atoms with Crippen LogP contribution in [0.1, 0.15) is 17.2 Å². The highest BCUT2D eigenvalue weighted by Gasteiger charge is 2.15. The molecule has 0 bridgehead atoms. The Kier molecular flexibility index (Phi) is 2.78. The molecule has 0 aromatic heterocycles. The number of aryl methyl sites for hydroxylation is 1. The van der Waals surface area contributed by atoms with E-state index in [4.69, 9.17) is 5.73 Å². The Labute approximate surface area is 75.9 Å². The van der Waals surface area contributed by atoms with Gasteiger partial charge < -0.3 is 5.73 Å². The molecule has 0 saturated carbocycles. The van der Waals surface area contributed by atoms with Crippen LogP contribution in [0.2, 0.25) is 0 Å². The Morgan fingerprint density at radius 2 is 2.08 bits per heavy atom. The SMILES string of the molecule is C=CC(N)c1c(F)ccc(C)c1F. The minimum absolute atomic E-state index is 0.116. The summed E-state index contributed by atoms with van der Waals surface area (Å²) in [7, 11) is 0. The van der Waals surface area contributed by atoms with Crippen LogP contribution in [0.3, 0.4) is 0 Å². The zero-order valence-corrected chi connectivity index (χ0v) is 7.35. The minimum Gasteiger partial charge on any atom is -0.321 e. The number of rotatable bonds is 2. The first-order valence-electron chi connectivity index (χ1n) is 3.90. The summed E-state index contributed by atoms with van der Waals surface area (Å²) >= 11 is 0. The minimum atomic E-state index is -0.792. The van der Waals surface area contributed by atoms with E-state index in [0.717, 1.165) is 0 Å². The lowest BCUT2D eigenvalue weighted by molar-refractivity contribution is 0.541. The Morgan fingerprint density at radius 3 is 2.62 bits per heavy atom. The van der Waals surface area contributed by atoms with E-state index < -0.39 is 17.7 Å². The highest BCUT2D eigenvalue weighted by atomic mass is 19.1. The summed E-state index contributed by atoms with van der Waals surface area (Å²) in [6, 6.07) is 1.79. The maximum absolute atomic E-state index is 13.3. The van der Waals surface area contributed by atoms with E-state index in [1.807, 2.05) is 0 Å². The maximum Gasteiger partial charge on any atom is 0.134 e. The van der Waals surface area contributed by atoms with E-state index in [2.05, 4.69) is 6.58 Å². The molecule has 0 spiro atoms. The quantitative estimate of drug-likeness (QED) is 0.700. The molecule has 13 heavy (non-hydrogen) atoms. The van der Waals surface area contributed by atoms with Gasteiger partial charge in [-0.05, 0) is 18.6 Å². The van der Waals surface area contributed by atoms with E-state index in [1.54, 1.807) is 6.92 Å². The van der Waals surface area contributed by atoms with Gasteiger partial charge in [-0.3, -0.25) is 0 Å². The maximum atomic E-state index is 13.3. The summed E-state index contributed by atoms with van der Waals surface area (Å²) in [4.78, 5) is 0. The van der Waals surface area contributed by atoms with Gasteiger partial charge in [0.05, 0.1) is 6.04 Å². The van der Waals surface area contributed by atoms with Gasteiger partial charge in [0.25, 0.3) is 0 Å². The zero-order valence-electron chi connectivity index (χ0n) is 7.35. The molecule has 70 valence electrons. The second-order valence-corrected chi connectivity index (χ2v) is 2.85. The van der Waals surface area contributed by atoms with E-state index in [-0.39, 0.29) is 5.56 Å². The van der Waals surface area contributed by atoms with Gasteiger partial charge in [0.1, 0.15) is 11.6 Å². The van der Waals surface area contributed by atoms with Crippen molar-refractivity contribution in [3.05, 3.63) is 47.5 Å². The molecule has 0 amide bonds. The molecule has 0 saturated heterocycles. The van der Waals surface area contributed by atoms with Crippen molar-refractivity contribution in [1.82, 2.24) is 0 Å². The highest BCUT2D eigenvalue weighted by molar-refractivity contribution is 5.30. The van der Waals surface area contributed by atoms with Crippen molar-refractivity contribution >= 4 is 0 Å². The number of hydrogen-bond donors (Lipinski definition) is 1. The van der Waals surface area contributed by atoms with Crippen LogP contribution >= 0.6 is 0 Å². The topological polar surface area (TPSA) is 26.0 Å². The first-order chi connectivity index (χ1) is 6.07. The Bertz CT molecular complexity index is 334. The van der Waals surface area contributed by atoms with Crippen molar-refractivity contribution < 1.29 is 8.78 Å². The molecule has 0 heterocycles. The van der Waals surface area contributed by atoms with Crippen LogP contribution in [-0.2, 0) is 0 Å². The summed E-state index contributed by atoms with van der Waals surface area (Å²) in [5.74, 6) is -1.22. The van der Waals surface area contributed by atoms with Crippen molar-refractivity contribution in [3.63, 3.8) is 0 Å². The zero-order chi connectivity index (χ0) is 10.0. The van der Waals surface area contributed by atoms with Crippen molar-refractivity contribution in [3.8, 4) is 0 Å². The van der Waals surface area contributed by atoms with Gasteiger partial charge in [-0.2, -0.15) is 0 Å². The van der Waals surface area contributed by atoms with Gasteiger partial charge in [-0.1, -0.05) is 12.1 Å². The fourth-order valence-corrected chi connectivity index (χ4v) is 1.10. The molecule has 1 aromatic carbocycles. The predicted molar refractivity (Wildman–Crippen MR) is 48.2 cm³/mol. The average molecular weight is 183 g/mol. The van der Waals surface area contributed by atoms with Gasteiger partial charge in [-0.15, -0.1) is 6.58 Å². The van der Waals surface area contributed by atoms with Crippen molar-refractivity contribution in [1.29, 1.82) is 0 Å². The van der Waals surface area contributed by atoms with Crippen molar-refractivity contribution in [2.75, 3.05) is 0 Å². The van der Waals surface area contributed by atoms with E-state index in [9.17, 15) is 8.78 Å². The standard InChI is InChI=1S/C10H11F2N/c1-3-8(13)9-7(11)5-4-6(2)10(9)12/h3-5,8H,1,13H2,2H3. The van der Waals surface area contributed by atoms with Crippen LogP contribution in [0.15, 0.2) is 24.8 Å². The molecule has 1 rings (SSSR count). The number of hydrogen-bond acceptors (Lipinski definition) is 1. The number of benzene rings is 1. The molecule has 1 atom stereocenters. The van der Waals surface area contributed by atoms with Gasteiger partial charge in [0, 0.05) is 5.56 Å². The summed E-state index contributed by atoms with van der Waals surface area (Å²) < 4.78 is 26.4. The summed E-state index contributed by atoms with van der Waals surface area (Å²) in [5.41, 5.74) is 5.73. The molecule has 1 unspecified atom stereocenters. The van der Waals surface area contributed by atoms with Gasteiger partial charge in [0.2, 0.25) is 0 Å². The monoisotopic (exact) mass is 183 g/mol. The molecule has 1 aromatic rings. The average Bonchev–Trinajstić information content (AvgIpc) is 2.12. The van der Waals surface area contributed by atoms with Crippen LogP contribution in [-0.4, -0.2) is 0 Å². The second-order valence-electron chi connectivity index (χ2n) is 2.85. The van der Waals surface area contributed by atoms with Gasteiger partial charge in [0.15, 0.2) is 0 Å². The summed E-state index contributed by atoms with van der Waals surface area (Å²) in [6.45, 7) is 4.95. The lowest BCUT2D eigenvalue weighted by atomic mass is 10.0. The summed E-state index contributed by atoms with van der Waals surface area (Å²) in [6.07, 6.45) is 1.31. The molecule has 1 nitrogen and oxygen atoms in total. The van der Waals surface area contributed by atoms with E-state index in [1.165, 1.54) is 18.2 Å². The third-order valence-electron chi connectivity index (χ3n) is 1.91. The smallest absolute Gasteiger partial charge is 0.134 e. The van der Waals surface area contributed by atoms with Crippen molar-refractivity contribution in [2.24, 2.45) is 5.73 Å². The third kappa shape index (κ3) is 1.75. The summed E-state index contributed by atoms with van der Waals surface area (Å²) in [5, 5.41) is 0. The number of nitrogens with two attached hydrogens (primary N) is 1. The Balaban J connectivity index is 3.32. The lowest BCUT2D eigenvalue weighted by Crippen LogP contribution is -2.12. The fourth-order valence-electron chi connectivity index (χ4n) is 1.10. The Hall–Kier alpha value is -1.22. The first-order valence-corrected chi connectivity index (χ1v) is 3.90. The highest BCUT2D eigenvalue weighted by Crippen LogP contribution is 2.21. The van der Waals surface area contributed by atoms with Gasteiger partial charge >= 0.3 is 0 Å². The normalized spacial score (nSPS) is 12.6. The fraction of sp³-hybridized carbons (Fsp3) is 0.200. The van der Waals surface area contributed by atoms with Crippen molar-refractivity contribution in [2.45, 2.75) is 13.0 Å². The van der Waals surface area contributed by atoms with Crippen LogP contribution in [0.5, 0.6) is 0 Å². The molecule has 3 heteroatoms. The molecular weight excluding hydrogens is 172 g/mol. The number of halogens is 2. The lowest BCUT2D eigenvalue weighted by Gasteiger charge is -2.10. The van der Waals surface area contributed by atoms with Crippen LogP contribution in [0.4, 0.5) is 8.78 Å².